The number of rotatable bonds is 3. The number of halogens is 1. The molecule has 8 heteroatoms. The number of carbonyl (C=O) groups is 1. The number of carbonyl (C=O) groups excluding carboxylic acids is 1. The van der Waals surface area contributed by atoms with Crippen LogP contribution in [-0.4, -0.2) is 25.8 Å². The number of phenols is 1. The third kappa shape index (κ3) is 3.40. The molecular weight excluding hydrogens is 434 g/mol. The van der Waals surface area contributed by atoms with Gasteiger partial charge in [-0.2, -0.15) is 10.1 Å². The number of hydrogen-bond acceptors (Lipinski definition) is 5. The average Bonchev–Trinajstić information content (AvgIpc) is 3.14. The highest BCUT2D eigenvalue weighted by atomic mass is 79.9. The van der Waals surface area contributed by atoms with Gasteiger partial charge in [0.25, 0.3) is 5.91 Å². The summed E-state index contributed by atoms with van der Waals surface area (Å²) in [7, 11) is 0. The van der Waals surface area contributed by atoms with Crippen LogP contribution in [0.5, 0.6) is 5.75 Å². The zero-order chi connectivity index (χ0) is 20.7. The standard InChI is InChI=1S/C21H20BrN5O2/c1-11-5-4-6-16(12(11)2)26-20(29)18-13(3)25-21-23-10-24-27(21)19(18)14-7-8-17(28)15(22)9-14/h4-10,19,28H,1-3H3,(H,26,29)(H,23,24,25). The van der Waals surface area contributed by atoms with Crippen molar-refractivity contribution in [2.45, 2.75) is 26.8 Å². The fourth-order valence-electron chi connectivity index (χ4n) is 3.46. The molecule has 4 rings (SSSR count). The van der Waals surface area contributed by atoms with Crippen LogP contribution in [0.3, 0.4) is 0 Å². The lowest BCUT2D eigenvalue weighted by Gasteiger charge is -2.29. The molecular formula is C21H20BrN5O2. The smallest absolute Gasteiger partial charge is 0.255 e. The molecule has 2 heterocycles. The lowest BCUT2D eigenvalue weighted by molar-refractivity contribution is -0.113. The first-order valence-corrected chi connectivity index (χ1v) is 9.89. The van der Waals surface area contributed by atoms with Gasteiger partial charge in [-0.05, 0) is 71.6 Å². The molecule has 148 valence electrons. The molecule has 1 aliphatic rings. The summed E-state index contributed by atoms with van der Waals surface area (Å²) in [5.74, 6) is 0.461. The Balaban J connectivity index is 1.79. The summed E-state index contributed by atoms with van der Waals surface area (Å²) in [6.45, 7) is 5.84. The fraction of sp³-hybridized carbons (Fsp3) is 0.190. The Morgan fingerprint density at radius 1 is 1.24 bits per heavy atom. The minimum Gasteiger partial charge on any atom is -0.507 e. The molecule has 0 fully saturated rings. The van der Waals surface area contributed by atoms with E-state index in [9.17, 15) is 9.90 Å². The van der Waals surface area contributed by atoms with Gasteiger partial charge in [-0.1, -0.05) is 18.2 Å². The number of hydrogen-bond donors (Lipinski definition) is 3. The van der Waals surface area contributed by atoms with Gasteiger partial charge in [-0.25, -0.2) is 4.68 Å². The summed E-state index contributed by atoms with van der Waals surface area (Å²) in [5, 5.41) is 20.4. The van der Waals surface area contributed by atoms with E-state index in [-0.39, 0.29) is 11.7 Å². The van der Waals surface area contributed by atoms with Gasteiger partial charge in [0, 0.05) is 11.4 Å². The van der Waals surface area contributed by atoms with E-state index in [1.54, 1.807) is 22.9 Å². The molecule has 1 amide bonds. The average molecular weight is 454 g/mol. The number of phenolic OH excluding ortho intramolecular Hbond substituents is 1. The second-order valence-corrected chi connectivity index (χ2v) is 7.86. The first-order valence-electron chi connectivity index (χ1n) is 9.10. The molecule has 0 aliphatic carbocycles. The highest BCUT2D eigenvalue weighted by Crippen LogP contribution is 2.37. The van der Waals surface area contributed by atoms with Gasteiger partial charge in [0.05, 0.1) is 10.0 Å². The molecule has 2 aromatic carbocycles. The molecule has 29 heavy (non-hydrogen) atoms. The van der Waals surface area contributed by atoms with Gasteiger partial charge in [-0.3, -0.25) is 4.79 Å². The van der Waals surface area contributed by atoms with Gasteiger partial charge < -0.3 is 15.7 Å². The normalized spacial score (nSPS) is 15.7. The van der Waals surface area contributed by atoms with Crippen LogP contribution in [0.2, 0.25) is 0 Å². The Kier molecular flexibility index (Phi) is 4.87. The van der Waals surface area contributed by atoms with Crippen molar-refractivity contribution in [1.82, 2.24) is 14.8 Å². The van der Waals surface area contributed by atoms with Gasteiger partial charge in [0.1, 0.15) is 18.1 Å². The Labute approximate surface area is 176 Å². The molecule has 3 aromatic rings. The number of nitrogens with one attached hydrogen (secondary N) is 2. The highest BCUT2D eigenvalue weighted by Gasteiger charge is 2.33. The first kappa shape index (κ1) is 19.2. The summed E-state index contributed by atoms with van der Waals surface area (Å²) < 4.78 is 2.21. The van der Waals surface area contributed by atoms with E-state index in [1.165, 1.54) is 6.33 Å². The van der Waals surface area contributed by atoms with E-state index in [2.05, 4.69) is 36.6 Å². The van der Waals surface area contributed by atoms with Crippen molar-refractivity contribution in [2.24, 2.45) is 0 Å². The minimum absolute atomic E-state index is 0.128. The maximum Gasteiger partial charge on any atom is 0.255 e. The summed E-state index contributed by atoms with van der Waals surface area (Å²) in [4.78, 5) is 17.6. The predicted octanol–water partition coefficient (Wildman–Crippen LogP) is 4.29. The topological polar surface area (TPSA) is 92.1 Å². The van der Waals surface area contributed by atoms with Gasteiger partial charge >= 0.3 is 0 Å². The first-order chi connectivity index (χ1) is 13.9. The number of nitrogens with zero attached hydrogens (tertiary/aromatic N) is 3. The Morgan fingerprint density at radius 3 is 2.79 bits per heavy atom. The van der Waals surface area contributed by atoms with E-state index in [0.717, 1.165) is 22.4 Å². The van der Waals surface area contributed by atoms with Crippen LogP contribution >= 0.6 is 15.9 Å². The predicted molar refractivity (Wildman–Crippen MR) is 115 cm³/mol. The van der Waals surface area contributed by atoms with Crippen LogP contribution in [0, 0.1) is 13.8 Å². The lowest BCUT2D eigenvalue weighted by atomic mass is 9.94. The van der Waals surface area contributed by atoms with Crippen LogP contribution in [0.1, 0.15) is 29.7 Å². The van der Waals surface area contributed by atoms with E-state index in [4.69, 9.17) is 0 Å². The fourth-order valence-corrected chi connectivity index (χ4v) is 3.86. The third-order valence-corrected chi connectivity index (χ3v) is 5.81. The van der Waals surface area contributed by atoms with Crippen molar-refractivity contribution in [3.8, 4) is 5.75 Å². The monoisotopic (exact) mass is 453 g/mol. The lowest BCUT2D eigenvalue weighted by Crippen LogP contribution is -2.31. The molecule has 1 unspecified atom stereocenters. The van der Waals surface area contributed by atoms with Crippen LogP contribution in [-0.2, 0) is 4.79 Å². The SMILES string of the molecule is CC1=C(C(=O)Nc2cccc(C)c2C)C(c2ccc(O)c(Br)c2)n2ncnc2N1. The maximum atomic E-state index is 13.4. The van der Waals surface area contributed by atoms with E-state index in [1.807, 2.05) is 39.0 Å². The highest BCUT2D eigenvalue weighted by molar-refractivity contribution is 9.10. The van der Waals surface area contributed by atoms with Gasteiger partial charge in [0.15, 0.2) is 0 Å². The number of benzene rings is 2. The van der Waals surface area contributed by atoms with Crippen LogP contribution in [0.25, 0.3) is 0 Å². The minimum atomic E-state index is -0.490. The Bertz CT molecular complexity index is 1150. The second kappa shape index (κ2) is 7.36. The zero-order valence-corrected chi connectivity index (χ0v) is 17.8. The zero-order valence-electron chi connectivity index (χ0n) is 16.2. The van der Waals surface area contributed by atoms with Crippen LogP contribution in [0.4, 0.5) is 11.6 Å². The Morgan fingerprint density at radius 2 is 2.03 bits per heavy atom. The Hall–Kier alpha value is -3.13. The second-order valence-electron chi connectivity index (χ2n) is 7.01. The molecule has 0 spiro atoms. The summed E-state index contributed by atoms with van der Waals surface area (Å²) in [6, 6.07) is 10.5. The number of fused-ring (bicyclic) bond motifs is 1. The number of aromatic hydroxyl groups is 1. The molecule has 1 aliphatic heterocycles. The van der Waals surface area contributed by atoms with Crippen molar-refractivity contribution in [3.63, 3.8) is 0 Å². The van der Waals surface area contributed by atoms with Gasteiger partial charge in [0.2, 0.25) is 5.95 Å². The summed E-state index contributed by atoms with van der Waals surface area (Å²) in [5.41, 5.74) is 4.92. The number of amides is 1. The number of allylic oxidation sites excluding steroid dienone is 1. The van der Waals surface area contributed by atoms with E-state index < -0.39 is 6.04 Å². The van der Waals surface area contributed by atoms with Crippen molar-refractivity contribution in [1.29, 1.82) is 0 Å². The van der Waals surface area contributed by atoms with E-state index in [0.29, 0.717) is 21.7 Å². The van der Waals surface area contributed by atoms with Crippen LogP contribution < -0.4 is 10.6 Å². The summed E-state index contributed by atoms with van der Waals surface area (Å²) >= 11 is 3.36. The van der Waals surface area contributed by atoms with Crippen LogP contribution in [0.15, 0.2) is 58.5 Å². The number of aryl methyl sites for hydroxylation is 1. The van der Waals surface area contributed by atoms with Gasteiger partial charge in [-0.15, -0.1) is 0 Å². The number of anilines is 2. The summed E-state index contributed by atoms with van der Waals surface area (Å²) in [6.07, 6.45) is 1.45. The van der Waals surface area contributed by atoms with Crippen molar-refractivity contribution < 1.29 is 9.90 Å². The molecule has 0 radical (unpaired) electrons. The quantitative estimate of drug-likeness (QED) is 0.549. The molecule has 7 nitrogen and oxygen atoms in total. The van der Waals surface area contributed by atoms with E-state index >= 15 is 0 Å². The molecule has 1 atom stereocenters. The number of aromatic nitrogens is 3. The molecule has 0 saturated heterocycles. The molecule has 0 saturated carbocycles. The maximum absolute atomic E-state index is 13.4. The van der Waals surface area contributed by atoms with Crippen molar-refractivity contribution in [3.05, 3.63) is 75.2 Å². The van der Waals surface area contributed by atoms with Crippen molar-refractivity contribution in [2.75, 3.05) is 10.6 Å². The van der Waals surface area contributed by atoms with Crippen molar-refractivity contribution >= 4 is 33.5 Å². The molecule has 3 N–H and O–H groups in total. The largest absolute Gasteiger partial charge is 0.507 e. The molecule has 1 aromatic heterocycles. The molecule has 0 bridgehead atoms. The third-order valence-electron chi connectivity index (χ3n) is 5.18.